The maximum absolute atomic E-state index is 12.1. The van der Waals surface area contributed by atoms with Crippen LogP contribution in [0.1, 0.15) is 42.5 Å². The molecule has 3 aromatic rings. The molecule has 0 atom stereocenters. The first-order valence-electron chi connectivity index (χ1n) is 8.25. The lowest BCUT2D eigenvalue weighted by molar-refractivity contribution is 0.102. The molecule has 7 heteroatoms. The van der Waals surface area contributed by atoms with Crippen molar-refractivity contribution in [2.45, 2.75) is 33.1 Å². The Morgan fingerprint density at radius 3 is 2.27 bits per heavy atom. The van der Waals surface area contributed by atoms with Gasteiger partial charge in [-0.1, -0.05) is 38.1 Å². The van der Waals surface area contributed by atoms with Gasteiger partial charge in [-0.2, -0.15) is 0 Å². The van der Waals surface area contributed by atoms with Gasteiger partial charge in [0.05, 0.1) is 5.56 Å². The minimum atomic E-state index is -0.348. The number of nitrogens with one attached hydrogen (secondary N) is 2. The first kappa shape index (κ1) is 17.6. The molecule has 1 amide bonds. The second-order valence-electron chi connectivity index (χ2n) is 7.02. The normalized spacial score (nSPS) is 11.2. The van der Waals surface area contributed by atoms with Crippen LogP contribution < -0.4 is 10.6 Å². The Balaban J connectivity index is 1.65. The van der Waals surface area contributed by atoms with E-state index in [2.05, 4.69) is 58.7 Å². The fourth-order valence-corrected chi connectivity index (χ4v) is 2.31. The monoisotopic (exact) mass is 351 g/mol. The molecule has 2 aromatic heterocycles. The summed E-state index contributed by atoms with van der Waals surface area (Å²) in [6, 6.07) is 9.75. The molecule has 0 unspecified atom stereocenters. The van der Waals surface area contributed by atoms with Crippen molar-refractivity contribution < 1.29 is 9.32 Å². The van der Waals surface area contributed by atoms with Crippen molar-refractivity contribution in [3.8, 4) is 0 Å². The molecule has 0 saturated carbocycles. The first-order valence-corrected chi connectivity index (χ1v) is 8.25. The minimum Gasteiger partial charge on any atom is -0.360 e. The van der Waals surface area contributed by atoms with Crippen LogP contribution >= 0.6 is 0 Å². The lowest BCUT2D eigenvalue weighted by Gasteiger charge is -2.19. The number of hydrogen-bond acceptors (Lipinski definition) is 6. The zero-order valence-electron chi connectivity index (χ0n) is 15.2. The lowest BCUT2D eigenvalue weighted by atomic mass is 9.87. The van der Waals surface area contributed by atoms with Gasteiger partial charge in [-0.05, 0) is 30.0 Å². The molecule has 3 rings (SSSR count). The highest BCUT2D eigenvalue weighted by Gasteiger charge is 2.13. The Labute approximate surface area is 151 Å². The van der Waals surface area contributed by atoms with E-state index in [9.17, 15) is 4.79 Å². The van der Waals surface area contributed by atoms with Gasteiger partial charge in [-0.3, -0.25) is 4.79 Å². The summed E-state index contributed by atoms with van der Waals surface area (Å²) in [7, 11) is 0. The van der Waals surface area contributed by atoms with E-state index in [-0.39, 0.29) is 11.3 Å². The van der Waals surface area contributed by atoms with Crippen LogP contribution in [-0.4, -0.2) is 21.0 Å². The van der Waals surface area contributed by atoms with Crippen molar-refractivity contribution in [1.82, 2.24) is 15.1 Å². The molecule has 0 aliphatic carbocycles. The number of amides is 1. The van der Waals surface area contributed by atoms with Gasteiger partial charge in [0, 0.05) is 24.1 Å². The van der Waals surface area contributed by atoms with Crippen LogP contribution in [0.3, 0.4) is 0 Å². The second-order valence-corrected chi connectivity index (χ2v) is 7.02. The molecule has 0 fully saturated rings. The maximum atomic E-state index is 12.1. The molecule has 0 saturated heterocycles. The van der Waals surface area contributed by atoms with Gasteiger partial charge in [-0.15, -0.1) is 0 Å². The lowest BCUT2D eigenvalue weighted by Crippen LogP contribution is -2.13. The number of carbonyl (C=O) groups is 1. The highest BCUT2D eigenvalue weighted by atomic mass is 16.5. The maximum Gasteiger partial charge on any atom is 0.260 e. The van der Waals surface area contributed by atoms with Gasteiger partial charge >= 0.3 is 0 Å². The first-order chi connectivity index (χ1) is 12.3. The molecule has 134 valence electrons. The molecular weight excluding hydrogens is 330 g/mol. The minimum absolute atomic E-state index is 0.104. The highest BCUT2D eigenvalue weighted by Crippen LogP contribution is 2.24. The third kappa shape index (κ3) is 4.24. The quantitative estimate of drug-likeness (QED) is 0.736. The molecule has 7 nitrogen and oxygen atoms in total. The predicted octanol–water partition coefficient (Wildman–Crippen LogP) is 4.07. The van der Waals surface area contributed by atoms with Gasteiger partial charge in [-0.25, -0.2) is 9.97 Å². The molecule has 0 bridgehead atoms. The van der Waals surface area contributed by atoms with Crippen LogP contribution in [0.4, 0.5) is 17.5 Å². The van der Waals surface area contributed by atoms with Crippen molar-refractivity contribution in [1.29, 1.82) is 0 Å². The number of carbonyl (C=O) groups excluding carboxylic acids is 1. The highest BCUT2D eigenvalue weighted by molar-refractivity contribution is 6.03. The number of benzene rings is 1. The molecule has 26 heavy (non-hydrogen) atoms. The predicted molar refractivity (Wildman–Crippen MR) is 99.6 cm³/mol. The summed E-state index contributed by atoms with van der Waals surface area (Å²) in [6.07, 6.45) is 2.92. The Bertz CT molecular complexity index is 893. The van der Waals surface area contributed by atoms with Crippen molar-refractivity contribution in [2.75, 3.05) is 10.6 Å². The Morgan fingerprint density at radius 2 is 1.73 bits per heavy atom. The van der Waals surface area contributed by atoms with Crippen LogP contribution in [0.25, 0.3) is 0 Å². The SMILES string of the molecule is Cc1cc(NC(=O)c2cnc(Nc3ccc(C(C)(C)C)cc3)nc2)no1. The van der Waals surface area contributed by atoms with Gasteiger partial charge in [0.25, 0.3) is 5.91 Å². The summed E-state index contributed by atoms with van der Waals surface area (Å²) in [4.78, 5) is 20.5. The number of aryl methyl sites for hydroxylation is 1. The van der Waals surface area contributed by atoms with E-state index in [0.29, 0.717) is 23.1 Å². The molecule has 1 aromatic carbocycles. The van der Waals surface area contributed by atoms with Crippen LogP contribution in [0.5, 0.6) is 0 Å². The number of anilines is 3. The van der Waals surface area contributed by atoms with Crippen LogP contribution in [-0.2, 0) is 5.41 Å². The molecule has 0 radical (unpaired) electrons. The summed E-state index contributed by atoms with van der Waals surface area (Å²) in [6.45, 7) is 8.26. The van der Waals surface area contributed by atoms with E-state index in [1.807, 2.05) is 12.1 Å². The number of aromatic nitrogens is 3. The fraction of sp³-hybridized carbons (Fsp3) is 0.263. The Morgan fingerprint density at radius 1 is 1.08 bits per heavy atom. The molecule has 0 aliphatic heterocycles. The average Bonchev–Trinajstić information content (AvgIpc) is 3.00. The van der Waals surface area contributed by atoms with Gasteiger partial charge in [0.2, 0.25) is 5.95 Å². The van der Waals surface area contributed by atoms with E-state index in [4.69, 9.17) is 4.52 Å². The molecule has 0 aliphatic rings. The van der Waals surface area contributed by atoms with E-state index in [1.54, 1.807) is 13.0 Å². The van der Waals surface area contributed by atoms with Gasteiger partial charge in [0.15, 0.2) is 5.82 Å². The summed E-state index contributed by atoms with van der Waals surface area (Å²) in [5, 5.41) is 9.46. The van der Waals surface area contributed by atoms with Crippen molar-refractivity contribution in [2.24, 2.45) is 0 Å². The molecular formula is C19H21N5O2. The largest absolute Gasteiger partial charge is 0.360 e. The van der Waals surface area contributed by atoms with Crippen molar-refractivity contribution in [3.05, 3.63) is 59.6 Å². The Hall–Kier alpha value is -3.22. The average molecular weight is 351 g/mol. The summed E-state index contributed by atoms with van der Waals surface area (Å²) in [5.74, 6) is 1.05. The smallest absolute Gasteiger partial charge is 0.260 e. The summed E-state index contributed by atoms with van der Waals surface area (Å²) in [5.41, 5.74) is 2.57. The van der Waals surface area contributed by atoms with Gasteiger partial charge < -0.3 is 15.2 Å². The third-order valence-corrected chi connectivity index (χ3v) is 3.79. The van der Waals surface area contributed by atoms with E-state index in [0.717, 1.165) is 5.69 Å². The molecule has 2 heterocycles. The van der Waals surface area contributed by atoms with E-state index >= 15 is 0 Å². The summed E-state index contributed by atoms with van der Waals surface area (Å²) < 4.78 is 4.91. The van der Waals surface area contributed by atoms with Crippen molar-refractivity contribution in [3.63, 3.8) is 0 Å². The van der Waals surface area contributed by atoms with E-state index in [1.165, 1.54) is 18.0 Å². The Kier molecular flexibility index (Phi) is 4.71. The number of nitrogens with zero attached hydrogens (tertiary/aromatic N) is 3. The third-order valence-electron chi connectivity index (χ3n) is 3.79. The summed E-state index contributed by atoms with van der Waals surface area (Å²) >= 11 is 0. The van der Waals surface area contributed by atoms with Crippen LogP contribution in [0.15, 0.2) is 47.2 Å². The van der Waals surface area contributed by atoms with Crippen LogP contribution in [0.2, 0.25) is 0 Å². The number of hydrogen-bond donors (Lipinski definition) is 2. The standard InChI is InChI=1S/C19H21N5O2/c1-12-9-16(24-26-12)23-17(25)13-10-20-18(21-11-13)22-15-7-5-14(6-8-15)19(2,3)4/h5-11H,1-4H3,(H,20,21,22)(H,23,24,25). The fourth-order valence-electron chi connectivity index (χ4n) is 2.31. The second kappa shape index (κ2) is 6.95. The topological polar surface area (TPSA) is 92.9 Å². The van der Waals surface area contributed by atoms with Crippen molar-refractivity contribution >= 4 is 23.4 Å². The molecule has 2 N–H and O–H groups in total. The van der Waals surface area contributed by atoms with Crippen LogP contribution in [0, 0.1) is 6.92 Å². The zero-order valence-corrected chi connectivity index (χ0v) is 15.2. The zero-order chi connectivity index (χ0) is 18.7. The van der Waals surface area contributed by atoms with E-state index < -0.39 is 0 Å². The number of rotatable bonds is 4. The van der Waals surface area contributed by atoms with Gasteiger partial charge in [0.1, 0.15) is 5.76 Å². The molecule has 0 spiro atoms.